The van der Waals surface area contributed by atoms with E-state index in [1.54, 1.807) is 6.07 Å². The molecule has 2 saturated carbocycles. The third-order valence-electron chi connectivity index (χ3n) is 12.8. The number of nitrogens with zero attached hydrogens (tertiary/aromatic N) is 1. The van der Waals surface area contributed by atoms with E-state index in [0.717, 1.165) is 79.6 Å². The van der Waals surface area contributed by atoms with Crippen molar-refractivity contribution in [1.29, 1.82) is 0 Å². The summed E-state index contributed by atoms with van der Waals surface area (Å²) in [5.41, 5.74) is -0.855. The van der Waals surface area contributed by atoms with E-state index in [4.69, 9.17) is 9.47 Å². The number of rotatable bonds is 10. The van der Waals surface area contributed by atoms with E-state index < -0.39 is 41.2 Å². The van der Waals surface area contributed by atoms with Gasteiger partial charge >= 0.3 is 12.1 Å². The molecule has 7 nitrogen and oxygen atoms in total. The van der Waals surface area contributed by atoms with Gasteiger partial charge in [-0.1, -0.05) is 73.2 Å². The molecule has 270 valence electrons. The average Bonchev–Trinajstić information content (AvgIpc) is 3.84. The van der Waals surface area contributed by atoms with Crippen LogP contribution in [0.25, 0.3) is 5.76 Å². The molecule has 0 aromatic heterocycles. The lowest BCUT2D eigenvalue weighted by Gasteiger charge is -2.63. The van der Waals surface area contributed by atoms with Gasteiger partial charge in [0.2, 0.25) is 5.72 Å². The standard InChI is InChI=1S/C41H45F3N2O5/c1-26(47)51-40(45-38(49)35(41(42,43)44)36(48)29-13-6-3-7-14-29)20-19-30-24-32-31-15-8-16-33-39(31,34(30)37(40)50-33)21-23-46(32,25-28-17-18-28)22-9-12-27-10-4-2-5-11-27/h2-7,10-11,13-14,19-20,28,31-33,37H,8-9,12,15-18,21-25H2,1H3,(H-,45,48,49)/p+1/t31-,32+,33-,37?,39+,40?,46?/m0/s1. The monoisotopic (exact) mass is 703 g/mol. The van der Waals surface area contributed by atoms with Crippen LogP contribution in [-0.4, -0.2) is 71.3 Å². The van der Waals surface area contributed by atoms with E-state index in [1.165, 1.54) is 62.2 Å². The lowest BCUT2D eigenvalue weighted by molar-refractivity contribution is -0.964. The van der Waals surface area contributed by atoms with Gasteiger partial charge in [-0.15, -0.1) is 0 Å². The summed E-state index contributed by atoms with van der Waals surface area (Å²) in [6, 6.07) is 18.2. The molecular formula is C41H46F3N2O5+. The molecule has 2 saturated heterocycles. The first kappa shape index (κ1) is 34.2. The normalized spacial score (nSPS) is 34.0. The van der Waals surface area contributed by atoms with Crippen molar-refractivity contribution in [3.8, 4) is 0 Å². The number of likely N-dealkylation sites (tertiary alicyclic amines) is 1. The summed E-state index contributed by atoms with van der Waals surface area (Å²) in [7, 11) is 0. The number of amides is 1. The third-order valence-corrected chi connectivity index (χ3v) is 12.8. The number of hydrogen-bond donors (Lipinski definition) is 2. The molecule has 3 unspecified atom stereocenters. The van der Waals surface area contributed by atoms with Gasteiger partial charge in [0.25, 0.3) is 5.91 Å². The molecule has 4 aliphatic carbocycles. The second-order valence-corrected chi connectivity index (χ2v) is 15.7. The van der Waals surface area contributed by atoms with Crippen LogP contribution in [-0.2, 0) is 25.5 Å². The number of alkyl halides is 3. The molecule has 2 heterocycles. The van der Waals surface area contributed by atoms with Gasteiger partial charge in [0.1, 0.15) is 11.9 Å². The van der Waals surface area contributed by atoms with Crippen LogP contribution in [0.15, 0.2) is 89.5 Å². The molecular weight excluding hydrogens is 657 g/mol. The van der Waals surface area contributed by atoms with E-state index in [9.17, 15) is 27.9 Å². The molecule has 1 spiro atoms. The van der Waals surface area contributed by atoms with Gasteiger partial charge in [-0.3, -0.25) is 9.59 Å². The molecule has 4 fully saturated rings. The van der Waals surface area contributed by atoms with Crippen molar-refractivity contribution in [1.82, 2.24) is 5.32 Å². The number of aliphatic hydroxyl groups is 1. The minimum absolute atomic E-state index is 0.160. The second-order valence-electron chi connectivity index (χ2n) is 15.7. The zero-order valence-corrected chi connectivity index (χ0v) is 29.0. The van der Waals surface area contributed by atoms with E-state index >= 15 is 0 Å². The van der Waals surface area contributed by atoms with Crippen LogP contribution < -0.4 is 5.32 Å². The highest BCUT2D eigenvalue weighted by atomic mass is 19.4. The van der Waals surface area contributed by atoms with Crippen LogP contribution in [0.1, 0.15) is 69.4 Å². The quantitative estimate of drug-likeness (QED) is 0.0890. The number of esters is 1. The number of carbonyl (C=O) groups is 2. The predicted molar refractivity (Wildman–Crippen MR) is 185 cm³/mol. The third kappa shape index (κ3) is 5.82. The molecule has 0 radical (unpaired) electrons. The molecule has 1 amide bonds. The minimum Gasteiger partial charge on any atom is -0.506 e. The van der Waals surface area contributed by atoms with Crippen LogP contribution in [0.4, 0.5) is 13.2 Å². The van der Waals surface area contributed by atoms with E-state index in [2.05, 4.69) is 35.6 Å². The van der Waals surface area contributed by atoms with Crippen LogP contribution in [0, 0.1) is 17.3 Å². The average molecular weight is 704 g/mol. The summed E-state index contributed by atoms with van der Waals surface area (Å²) >= 11 is 0. The first-order chi connectivity index (χ1) is 24.5. The molecule has 7 atom stereocenters. The van der Waals surface area contributed by atoms with E-state index in [1.807, 2.05) is 6.08 Å². The SMILES string of the molecule is CC(=O)OC1(NC(=O)C(=C(O)c2ccccc2)C(F)(F)F)C=CC2=C3C1O[C@H]1CCC[C@H]4[C@@H](C2)[N+](CCCc2ccccc2)(CC2CC2)CC[C@]314. The summed E-state index contributed by atoms with van der Waals surface area (Å²) in [6.07, 6.45) is 6.19. The van der Waals surface area contributed by atoms with Crippen molar-refractivity contribution in [2.45, 2.75) is 94.9 Å². The lowest BCUT2D eigenvalue weighted by Crippen LogP contribution is -2.71. The van der Waals surface area contributed by atoms with Gasteiger partial charge in [-0.2, -0.15) is 13.2 Å². The molecule has 51 heavy (non-hydrogen) atoms. The Bertz CT molecular complexity index is 1790. The van der Waals surface area contributed by atoms with Crippen molar-refractivity contribution in [3.05, 3.63) is 101 Å². The number of ether oxygens (including phenoxy) is 2. The number of halogens is 3. The highest BCUT2D eigenvalue weighted by Gasteiger charge is 2.72. The van der Waals surface area contributed by atoms with Crippen LogP contribution in [0.2, 0.25) is 0 Å². The number of aliphatic hydroxyl groups excluding tert-OH is 1. The molecule has 2 N–H and O–H groups in total. The Kier molecular flexibility index (Phi) is 8.49. The number of allylic oxidation sites excluding steroid dienone is 1. The number of piperidine rings is 1. The van der Waals surface area contributed by atoms with Gasteiger partial charge in [0, 0.05) is 49.0 Å². The Hall–Kier alpha value is -3.89. The number of carbonyl (C=O) groups excluding carboxylic acids is 2. The maximum Gasteiger partial charge on any atom is 0.425 e. The largest absolute Gasteiger partial charge is 0.506 e. The Morgan fingerprint density at radius 1 is 1.04 bits per heavy atom. The number of quaternary nitrogens is 1. The Labute approximate surface area is 296 Å². The highest BCUT2D eigenvalue weighted by Crippen LogP contribution is 2.67. The van der Waals surface area contributed by atoms with Crippen molar-refractivity contribution >= 4 is 17.6 Å². The first-order valence-electron chi connectivity index (χ1n) is 18.5. The van der Waals surface area contributed by atoms with Crippen molar-refractivity contribution in [3.63, 3.8) is 0 Å². The fraction of sp³-hybridized carbons (Fsp3) is 0.512. The zero-order chi connectivity index (χ0) is 35.6. The second kappa shape index (κ2) is 12.7. The molecule has 2 aliphatic heterocycles. The van der Waals surface area contributed by atoms with Crippen molar-refractivity contribution < 1.29 is 41.8 Å². The van der Waals surface area contributed by atoms with Gasteiger partial charge in [-0.05, 0) is 54.9 Å². The van der Waals surface area contributed by atoms with Crippen LogP contribution in [0.3, 0.4) is 0 Å². The maximum absolute atomic E-state index is 14.6. The van der Waals surface area contributed by atoms with Gasteiger partial charge in [0.05, 0.1) is 31.8 Å². The zero-order valence-electron chi connectivity index (χ0n) is 29.0. The molecule has 2 bridgehead atoms. The first-order valence-corrected chi connectivity index (χ1v) is 18.5. The summed E-state index contributed by atoms with van der Waals surface area (Å²) in [5.74, 6) is -2.51. The summed E-state index contributed by atoms with van der Waals surface area (Å²) in [5, 5.41) is 13.3. The van der Waals surface area contributed by atoms with E-state index in [-0.39, 0.29) is 17.1 Å². The molecule has 6 aliphatic rings. The summed E-state index contributed by atoms with van der Waals surface area (Å²) in [6.45, 7) is 4.46. The fourth-order valence-corrected chi connectivity index (χ4v) is 10.7. The summed E-state index contributed by atoms with van der Waals surface area (Å²) in [4.78, 5) is 26.5. The Morgan fingerprint density at radius 3 is 2.45 bits per heavy atom. The smallest absolute Gasteiger partial charge is 0.425 e. The topological polar surface area (TPSA) is 84.9 Å². The van der Waals surface area contributed by atoms with Gasteiger partial charge < -0.3 is 24.4 Å². The highest BCUT2D eigenvalue weighted by molar-refractivity contribution is 6.01. The number of nitrogens with one attached hydrogen (secondary N) is 1. The van der Waals surface area contributed by atoms with Crippen LogP contribution in [0.5, 0.6) is 0 Å². The Morgan fingerprint density at radius 2 is 1.76 bits per heavy atom. The number of hydrogen-bond acceptors (Lipinski definition) is 5. The number of benzene rings is 2. The molecule has 2 aromatic rings. The van der Waals surface area contributed by atoms with Crippen molar-refractivity contribution in [2.75, 3.05) is 19.6 Å². The molecule has 2 aromatic carbocycles. The maximum atomic E-state index is 14.6. The molecule has 10 heteroatoms. The summed E-state index contributed by atoms with van der Waals surface area (Å²) < 4.78 is 57.5. The minimum atomic E-state index is -5.21. The van der Waals surface area contributed by atoms with Crippen molar-refractivity contribution in [2.24, 2.45) is 17.3 Å². The molecule has 8 rings (SSSR count). The van der Waals surface area contributed by atoms with Gasteiger partial charge in [-0.25, -0.2) is 0 Å². The van der Waals surface area contributed by atoms with Crippen LogP contribution >= 0.6 is 0 Å². The van der Waals surface area contributed by atoms with Gasteiger partial charge in [0.15, 0.2) is 5.57 Å². The Balaban J connectivity index is 1.16. The fourth-order valence-electron chi connectivity index (χ4n) is 10.7. The predicted octanol–water partition coefficient (Wildman–Crippen LogP) is 7.35. The number of aryl methyl sites for hydroxylation is 1. The lowest BCUT2D eigenvalue weighted by atomic mass is 9.50. The van der Waals surface area contributed by atoms with E-state index in [0.29, 0.717) is 12.0 Å².